The van der Waals surface area contributed by atoms with Gasteiger partial charge in [-0.05, 0) is 44.6 Å². The summed E-state index contributed by atoms with van der Waals surface area (Å²) in [5.74, 6) is -0.357. The molecule has 1 amide bonds. The van der Waals surface area contributed by atoms with E-state index in [-0.39, 0.29) is 11.9 Å². The first-order valence-electron chi connectivity index (χ1n) is 8.59. The maximum Gasteiger partial charge on any atom is 0.241 e. The molecule has 1 saturated heterocycles. The van der Waals surface area contributed by atoms with E-state index in [1.807, 2.05) is 18.2 Å². The van der Waals surface area contributed by atoms with Crippen LogP contribution in [0, 0.1) is 0 Å². The van der Waals surface area contributed by atoms with E-state index in [1.165, 1.54) is 17.4 Å². The van der Waals surface area contributed by atoms with Crippen LogP contribution in [0.2, 0.25) is 0 Å². The van der Waals surface area contributed by atoms with Crippen LogP contribution >= 0.6 is 0 Å². The predicted octanol–water partition coefficient (Wildman–Crippen LogP) is 2.28. The molecule has 24 heavy (non-hydrogen) atoms. The lowest BCUT2D eigenvalue weighted by molar-refractivity contribution is -0.128. The molecule has 134 valence electrons. The van der Waals surface area contributed by atoms with Gasteiger partial charge in [-0.1, -0.05) is 30.3 Å². The molecule has 2 atom stereocenters. The van der Waals surface area contributed by atoms with Gasteiger partial charge in [0.2, 0.25) is 15.9 Å². The number of benzene rings is 1. The van der Waals surface area contributed by atoms with Crippen molar-refractivity contribution < 1.29 is 13.2 Å². The Labute approximate surface area is 145 Å². The van der Waals surface area contributed by atoms with Crippen LogP contribution in [0.25, 0.3) is 0 Å². The number of carbonyl (C=O) groups is 1. The maximum atomic E-state index is 12.8. The van der Waals surface area contributed by atoms with Gasteiger partial charge in [-0.25, -0.2) is 8.42 Å². The Morgan fingerprint density at radius 3 is 2.58 bits per heavy atom. The second kappa shape index (κ2) is 8.12. The molecule has 1 aliphatic rings. The molecule has 2 unspecified atom stereocenters. The summed E-state index contributed by atoms with van der Waals surface area (Å²) in [6.45, 7) is 2.03. The highest BCUT2D eigenvalue weighted by atomic mass is 32.2. The van der Waals surface area contributed by atoms with Gasteiger partial charge in [0.05, 0.1) is 0 Å². The van der Waals surface area contributed by atoms with E-state index in [9.17, 15) is 13.2 Å². The van der Waals surface area contributed by atoms with E-state index in [4.69, 9.17) is 0 Å². The molecular formula is C18H28N2O3S. The average Bonchev–Trinajstić information content (AvgIpc) is 3.03. The molecule has 0 bridgehead atoms. The lowest BCUT2D eigenvalue weighted by Gasteiger charge is -2.28. The predicted molar refractivity (Wildman–Crippen MR) is 96.2 cm³/mol. The SMILES string of the molecule is CC(C(=O)N(C)C)S(=O)(=O)N1CCCC1CCCc1ccccc1. The molecular weight excluding hydrogens is 324 g/mol. The molecule has 6 heteroatoms. The van der Waals surface area contributed by atoms with Gasteiger partial charge < -0.3 is 4.90 Å². The average molecular weight is 353 g/mol. The van der Waals surface area contributed by atoms with Gasteiger partial charge in [-0.15, -0.1) is 0 Å². The van der Waals surface area contributed by atoms with Crippen LogP contribution < -0.4 is 0 Å². The lowest BCUT2D eigenvalue weighted by atomic mass is 10.0. The number of hydrogen-bond donors (Lipinski definition) is 0. The number of carbonyl (C=O) groups excluding carboxylic acids is 1. The third-order valence-corrected chi connectivity index (χ3v) is 6.96. The van der Waals surface area contributed by atoms with Gasteiger partial charge in [0.1, 0.15) is 0 Å². The summed E-state index contributed by atoms with van der Waals surface area (Å²) < 4.78 is 27.2. The third kappa shape index (κ3) is 4.36. The lowest BCUT2D eigenvalue weighted by Crippen LogP contribution is -2.46. The van der Waals surface area contributed by atoms with Crippen LogP contribution in [0.3, 0.4) is 0 Å². The Balaban J connectivity index is 1.97. The first-order valence-corrected chi connectivity index (χ1v) is 10.1. The smallest absolute Gasteiger partial charge is 0.241 e. The van der Waals surface area contributed by atoms with Gasteiger partial charge in [-0.2, -0.15) is 4.31 Å². The molecule has 1 aromatic carbocycles. The fourth-order valence-electron chi connectivity index (χ4n) is 3.31. The largest absolute Gasteiger partial charge is 0.348 e. The standard InChI is InChI=1S/C18H28N2O3S/c1-15(18(21)19(2)3)24(22,23)20-14-8-13-17(20)12-7-11-16-9-5-4-6-10-16/h4-6,9-10,15,17H,7-8,11-14H2,1-3H3. The van der Waals surface area contributed by atoms with Crippen LogP contribution in [-0.2, 0) is 21.2 Å². The highest BCUT2D eigenvalue weighted by Gasteiger charge is 2.40. The summed E-state index contributed by atoms with van der Waals surface area (Å²) in [5.41, 5.74) is 1.28. The minimum absolute atomic E-state index is 0.0242. The normalized spacial score (nSPS) is 20.0. The minimum atomic E-state index is -3.59. The number of sulfonamides is 1. The first-order chi connectivity index (χ1) is 11.3. The van der Waals surface area contributed by atoms with Crippen LogP contribution in [0.15, 0.2) is 30.3 Å². The van der Waals surface area contributed by atoms with Gasteiger partial charge in [0.15, 0.2) is 5.25 Å². The summed E-state index contributed by atoms with van der Waals surface area (Å²) >= 11 is 0. The quantitative estimate of drug-likeness (QED) is 0.756. The zero-order valence-electron chi connectivity index (χ0n) is 14.8. The molecule has 1 aliphatic heterocycles. The van der Waals surface area contributed by atoms with Crippen molar-refractivity contribution in [3.63, 3.8) is 0 Å². The van der Waals surface area contributed by atoms with E-state index in [1.54, 1.807) is 18.4 Å². The monoisotopic (exact) mass is 352 g/mol. The van der Waals surface area contributed by atoms with Crippen LogP contribution in [-0.4, -0.2) is 55.5 Å². The molecule has 2 rings (SSSR count). The molecule has 0 radical (unpaired) electrons. The number of amides is 1. The zero-order valence-corrected chi connectivity index (χ0v) is 15.6. The van der Waals surface area contributed by atoms with Crippen molar-refractivity contribution in [2.45, 2.75) is 50.3 Å². The van der Waals surface area contributed by atoms with Gasteiger partial charge in [0.25, 0.3) is 0 Å². The van der Waals surface area contributed by atoms with Crippen molar-refractivity contribution in [2.24, 2.45) is 0 Å². The van der Waals surface area contributed by atoms with Crippen LogP contribution in [0.5, 0.6) is 0 Å². The van der Waals surface area contributed by atoms with E-state index < -0.39 is 15.3 Å². The fraction of sp³-hybridized carbons (Fsp3) is 0.611. The number of rotatable bonds is 7. The van der Waals surface area contributed by atoms with Crippen molar-refractivity contribution in [3.05, 3.63) is 35.9 Å². The van der Waals surface area contributed by atoms with Gasteiger partial charge >= 0.3 is 0 Å². The van der Waals surface area contributed by atoms with E-state index in [0.717, 1.165) is 32.1 Å². The summed E-state index contributed by atoms with van der Waals surface area (Å²) in [6.07, 6.45) is 4.51. The molecule has 1 heterocycles. The third-order valence-electron chi connectivity index (χ3n) is 4.73. The molecule has 0 saturated carbocycles. The summed E-state index contributed by atoms with van der Waals surface area (Å²) in [5, 5.41) is -1.01. The molecule has 0 aromatic heterocycles. The highest BCUT2D eigenvalue weighted by molar-refractivity contribution is 7.90. The number of aryl methyl sites for hydroxylation is 1. The zero-order chi connectivity index (χ0) is 17.7. The van der Waals surface area contributed by atoms with Crippen molar-refractivity contribution in [1.82, 2.24) is 9.21 Å². The summed E-state index contributed by atoms with van der Waals surface area (Å²) in [4.78, 5) is 13.4. The Kier molecular flexibility index (Phi) is 6.40. The van der Waals surface area contributed by atoms with E-state index >= 15 is 0 Å². The molecule has 1 aromatic rings. The number of hydrogen-bond acceptors (Lipinski definition) is 3. The molecule has 5 nitrogen and oxygen atoms in total. The molecule has 1 fully saturated rings. The van der Waals surface area contributed by atoms with Crippen LogP contribution in [0.4, 0.5) is 0 Å². The topological polar surface area (TPSA) is 57.7 Å². The minimum Gasteiger partial charge on any atom is -0.348 e. The summed E-state index contributed by atoms with van der Waals surface area (Å²) in [6, 6.07) is 10.3. The Morgan fingerprint density at radius 1 is 1.29 bits per heavy atom. The number of nitrogens with zero attached hydrogens (tertiary/aromatic N) is 2. The Bertz CT molecular complexity index is 643. The molecule has 0 spiro atoms. The second-order valence-corrected chi connectivity index (χ2v) is 8.91. The van der Waals surface area contributed by atoms with Crippen molar-refractivity contribution in [2.75, 3.05) is 20.6 Å². The first kappa shape index (κ1) is 18.9. The van der Waals surface area contributed by atoms with Crippen molar-refractivity contribution >= 4 is 15.9 Å². The molecule has 0 aliphatic carbocycles. The van der Waals surface area contributed by atoms with Crippen molar-refractivity contribution in [3.8, 4) is 0 Å². The van der Waals surface area contributed by atoms with Crippen molar-refractivity contribution in [1.29, 1.82) is 0 Å². The highest BCUT2D eigenvalue weighted by Crippen LogP contribution is 2.27. The maximum absolute atomic E-state index is 12.8. The van der Waals surface area contributed by atoms with E-state index in [0.29, 0.717) is 6.54 Å². The summed E-state index contributed by atoms with van der Waals surface area (Å²) in [7, 11) is -0.399. The Morgan fingerprint density at radius 2 is 1.96 bits per heavy atom. The van der Waals surface area contributed by atoms with Crippen LogP contribution in [0.1, 0.15) is 38.2 Å². The van der Waals surface area contributed by atoms with E-state index in [2.05, 4.69) is 12.1 Å². The van der Waals surface area contributed by atoms with Gasteiger partial charge in [0, 0.05) is 26.7 Å². The fourth-order valence-corrected chi connectivity index (χ4v) is 5.20. The second-order valence-electron chi connectivity index (χ2n) is 6.70. The Hall–Kier alpha value is -1.40. The molecule has 0 N–H and O–H groups in total. The van der Waals surface area contributed by atoms with Gasteiger partial charge in [-0.3, -0.25) is 4.79 Å².